The number of hydrogen-bond donors (Lipinski definition) is 0. The zero-order valence-electron chi connectivity index (χ0n) is 11.4. The first kappa shape index (κ1) is 15.2. The largest absolute Gasteiger partial charge is 0.299 e. The highest BCUT2D eigenvalue weighted by molar-refractivity contribution is 6.31. The van der Waals surface area contributed by atoms with Crippen LogP contribution in [0.4, 0.5) is 4.39 Å². The molecule has 0 amide bonds. The van der Waals surface area contributed by atoms with E-state index in [2.05, 4.69) is 27.7 Å². The van der Waals surface area contributed by atoms with E-state index in [1.54, 1.807) is 6.07 Å². The SMILES string of the molecule is CC(CC(=O)Cc1ccc(F)cc1Cl)C(C)(C)C. The molecule has 18 heavy (non-hydrogen) atoms. The van der Waals surface area contributed by atoms with Gasteiger partial charge in [0.15, 0.2) is 0 Å². The molecule has 0 aliphatic rings. The quantitative estimate of drug-likeness (QED) is 0.777. The summed E-state index contributed by atoms with van der Waals surface area (Å²) in [7, 11) is 0. The van der Waals surface area contributed by atoms with Gasteiger partial charge in [0.05, 0.1) is 0 Å². The fraction of sp³-hybridized carbons (Fsp3) is 0.533. The van der Waals surface area contributed by atoms with Gasteiger partial charge >= 0.3 is 0 Å². The Morgan fingerprint density at radius 2 is 2.00 bits per heavy atom. The Morgan fingerprint density at radius 3 is 2.50 bits per heavy atom. The lowest BCUT2D eigenvalue weighted by Crippen LogP contribution is -2.21. The van der Waals surface area contributed by atoms with Crippen molar-refractivity contribution in [3.05, 3.63) is 34.6 Å². The molecule has 1 unspecified atom stereocenters. The van der Waals surface area contributed by atoms with Gasteiger partial charge in [0, 0.05) is 17.9 Å². The summed E-state index contributed by atoms with van der Waals surface area (Å²) in [5.74, 6) is 0.0782. The molecule has 0 heterocycles. The average molecular weight is 271 g/mol. The molecule has 0 aliphatic carbocycles. The molecule has 1 aromatic rings. The van der Waals surface area contributed by atoms with Crippen molar-refractivity contribution in [1.82, 2.24) is 0 Å². The number of hydrogen-bond acceptors (Lipinski definition) is 1. The van der Waals surface area contributed by atoms with E-state index in [4.69, 9.17) is 11.6 Å². The van der Waals surface area contributed by atoms with Crippen molar-refractivity contribution in [2.75, 3.05) is 0 Å². The highest BCUT2D eigenvalue weighted by atomic mass is 35.5. The maximum Gasteiger partial charge on any atom is 0.137 e. The second-order valence-corrected chi connectivity index (χ2v) is 6.33. The zero-order valence-corrected chi connectivity index (χ0v) is 12.1. The lowest BCUT2D eigenvalue weighted by atomic mass is 9.79. The molecule has 0 bridgehead atoms. The molecule has 0 fully saturated rings. The Bertz CT molecular complexity index is 435. The second kappa shape index (κ2) is 5.83. The third kappa shape index (κ3) is 4.41. The van der Waals surface area contributed by atoms with Crippen LogP contribution < -0.4 is 0 Å². The van der Waals surface area contributed by atoms with Gasteiger partial charge in [0.25, 0.3) is 0 Å². The van der Waals surface area contributed by atoms with Crippen LogP contribution in [0.25, 0.3) is 0 Å². The molecule has 0 radical (unpaired) electrons. The van der Waals surface area contributed by atoms with Crippen LogP contribution in [0.5, 0.6) is 0 Å². The number of Topliss-reactive ketones (excluding diaryl/α,β-unsaturated/α-hetero) is 1. The molecule has 0 N–H and O–H groups in total. The minimum Gasteiger partial charge on any atom is -0.299 e. The first-order valence-electron chi connectivity index (χ1n) is 6.16. The summed E-state index contributed by atoms with van der Waals surface area (Å²) in [5, 5.41) is 0.326. The number of ketones is 1. The van der Waals surface area contributed by atoms with E-state index < -0.39 is 0 Å². The van der Waals surface area contributed by atoms with Crippen molar-refractivity contribution in [2.45, 2.75) is 40.5 Å². The number of rotatable bonds is 4. The van der Waals surface area contributed by atoms with E-state index in [0.29, 0.717) is 22.9 Å². The fourth-order valence-corrected chi connectivity index (χ4v) is 1.83. The molecule has 1 nitrogen and oxygen atoms in total. The first-order chi connectivity index (χ1) is 8.20. The minimum absolute atomic E-state index is 0.113. The van der Waals surface area contributed by atoms with Crippen LogP contribution in [0.15, 0.2) is 18.2 Å². The average Bonchev–Trinajstić information content (AvgIpc) is 2.20. The lowest BCUT2D eigenvalue weighted by Gasteiger charge is -2.26. The Kier molecular flexibility index (Phi) is 4.92. The molecule has 1 rings (SSSR count). The molecule has 1 aromatic carbocycles. The zero-order chi connectivity index (χ0) is 13.9. The molecule has 3 heteroatoms. The normalized spacial score (nSPS) is 13.4. The second-order valence-electron chi connectivity index (χ2n) is 5.92. The van der Waals surface area contributed by atoms with E-state index in [-0.39, 0.29) is 23.4 Å². The summed E-state index contributed by atoms with van der Waals surface area (Å²) in [6, 6.07) is 4.16. The fourth-order valence-electron chi connectivity index (χ4n) is 1.60. The summed E-state index contributed by atoms with van der Waals surface area (Å²) in [6.45, 7) is 8.44. The number of carbonyl (C=O) groups excluding carboxylic acids is 1. The Morgan fingerprint density at radius 1 is 1.39 bits per heavy atom. The van der Waals surface area contributed by atoms with Gasteiger partial charge in [-0.1, -0.05) is 45.4 Å². The third-order valence-electron chi connectivity index (χ3n) is 3.41. The minimum atomic E-state index is -0.376. The van der Waals surface area contributed by atoms with Gasteiger partial charge in [-0.3, -0.25) is 4.79 Å². The van der Waals surface area contributed by atoms with Gasteiger partial charge < -0.3 is 0 Å². The predicted molar refractivity (Wildman–Crippen MR) is 73.4 cm³/mol. The molecule has 0 aliphatic heterocycles. The van der Waals surface area contributed by atoms with Crippen LogP contribution in [0.3, 0.4) is 0 Å². The molecule has 0 saturated carbocycles. The van der Waals surface area contributed by atoms with Gasteiger partial charge in [0.2, 0.25) is 0 Å². The van der Waals surface area contributed by atoms with E-state index in [1.807, 2.05) is 0 Å². The van der Waals surface area contributed by atoms with E-state index >= 15 is 0 Å². The van der Waals surface area contributed by atoms with E-state index in [9.17, 15) is 9.18 Å². The van der Waals surface area contributed by atoms with Gasteiger partial charge in [0.1, 0.15) is 11.6 Å². The topological polar surface area (TPSA) is 17.1 Å². The summed E-state index contributed by atoms with van der Waals surface area (Å²) in [5.41, 5.74) is 0.812. The van der Waals surface area contributed by atoms with Crippen LogP contribution in [-0.4, -0.2) is 5.78 Å². The van der Waals surface area contributed by atoms with Crippen LogP contribution in [-0.2, 0) is 11.2 Å². The van der Waals surface area contributed by atoms with Gasteiger partial charge in [-0.15, -0.1) is 0 Å². The number of benzene rings is 1. The predicted octanol–water partition coefficient (Wildman–Crippen LogP) is 4.66. The van der Waals surface area contributed by atoms with Gasteiger partial charge in [-0.05, 0) is 29.0 Å². The Labute approximate surface area is 113 Å². The Hall–Kier alpha value is -0.890. The highest BCUT2D eigenvalue weighted by Gasteiger charge is 2.22. The summed E-state index contributed by atoms with van der Waals surface area (Å²) in [4.78, 5) is 12.0. The molecular formula is C15H20ClFO. The lowest BCUT2D eigenvalue weighted by molar-refractivity contribution is -0.120. The number of carbonyl (C=O) groups is 1. The smallest absolute Gasteiger partial charge is 0.137 e. The van der Waals surface area contributed by atoms with Gasteiger partial charge in [-0.2, -0.15) is 0 Å². The van der Waals surface area contributed by atoms with Crippen LogP contribution in [0, 0.1) is 17.2 Å². The number of halogens is 2. The maximum atomic E-state index is 12.9. The molecule has 0 spiro atoms. The van der Waals surface area contributed by atoms with Crippen LogP contribution in [0.2, 0.25) is 5.02 Å². The summed E-state index contributed by atoms with van der Waals surface area (Å²) < 4.78 is 12.9. The summed E-state index contributed by atoms with van der Waals surface area (Å²) >= 11 is 5.91. The Balaban J connectivity index is 2.65. The maximum absolute atomic E-state index is 12.9. The van der Waals surface area contributed by atoms with Gasteiger partial charge in [-0.25, -0.2) is 4.39 Å². The highest BCUT2D eigenvalue weighted by Crippen LogP contribution is 2.29. The van der Waals surface area contributed by atoms with E-state index in [1.165, 1.54) is 12.1 Å². The van der Waals surface area contributed by atoms with Crippen molar-refractivity contribution in [1.29, 1.82) is 0 Å². The standard InChI is InChI=1S/C15H20ClFO/c1-10(15(2,3)4)7-13(18)8-11-5-6-12(17)9-14(11)16/h5-6,9-10H,7-8H2,1-4H3. The monoisotopic (exact) mass is 270 g/mol. The van der Waals surface area contributed by atoms with Crippen molar-refractivity contribution >= 4 is 17.4 Å². The molecule has 1 atom stereocenters. The molecule has 0 aromatic heterocycles. The van der Waals surface area contributed by atoms with E-state index in [0.717, 1.165) is 0 Å². The first-order valence-corrected chi connectivity index (χ1v) is 6.53. The summed E-state index contributed by atoms with van der Waals surface area (Å²) in [6.07, 6.45) is 0.802. The molecule has 0 saturated heterocycles. The van der Waals surface area contributed by atoms with Crippen molar-refractivity contribution in [2.24, 2.45) is 11.3 Å². The van der Waals surface area contributed by atoms with Crippen LogP contribution >= 0.6 is 11.6 Å². The third-order valence-corrected chi connectivity index (χ3v) is 3.77. The van der Waals surface area contributed by atoms with Crippen molar-refractivity contribution in [3.63, 3.8) is 0 Å². The molecular weight excluding hydrogens is 251 g/mol. The van der Waals surface area contributed by atoms with Crippen molar-refractivity contribution in [3.8, 4) is 0 Å². The van der Waals surface area contributed by atoms with Crippen LogP contribution in [0.1, 0.15) is 39.7 Å². The van der Waals surface area contributed by atoms with Crippen molar-refractivity contribution < 1.29 is 9.18 Å². The molecule has 100 valence electrons.